The summed E-state index contributed by atoms with van der Waals surface area (Å²) in [6.45, 7) is -0.856. The van der Waals surface area contributed by atoms with Crippen molar-refractivity contribution in [1.82, 2.24) is 0 Å². The molecule has 0 radical (unpaired) electrons. The van der Waals surface area contributed by atoms with Crippen LogP contribution in [0.2, 0.25) is 0 Å². The molecule has 0 saturated carbocycles. The number of hydrogen-bond donors (Lipinski definition) is 6. The van der Waals surface area contributed by atoms with Crippen molar-refractivity contribution < 1.29 is 73.0 Å². The van der Waals surface area contributed by atoms with Crippen LogP contribution in [0.5, 0.6) is 28.7 Å². The van der Waals surface area contributed by atoms with Crippen molar-refractivity contribution in [3.8, 4) is 28.7 Å². The van der Waals surface area contributed by atoms with Crippen LogP contribution < -0.4 is 29.1 Å². The Kier molecular flexibility index (Phi) is 9.36. The molecule has 0 aliphatic carbocycles. The lowest BCUT2D eigenvalue weighted by molar-refractivity contribution is -0.307. The fraction of sp³-hybridized carbons (Fsp3) is 0.536. The second kappa shape index (κ2) is 12.9. The van der Waals surface area contributed by atoms with Crippen molar-refractivity contribution in [1.29, 1.82) is 0 Å². The van der Waals surface area contributed by atoms with E-state index in [9.17, 15) is 35.4 Å². The Hall–Kier alpha value is -3.45. The van der Waals surface area contributed by atoms with E-state index in [1.54, 1.807) is 6.07 Å². The molecule has 9 atom stereocenters. The van der Waals surface area contributed by atoms with Gasteiger partial charge in [-0.1, -0.05) is 0 Å². The molecule has 2 aliphatic heterocycles. The molecule has 44 heavy (non-hydrogen) atoms. The molecule has 0 amide bonds. The maximum Gasteiger partial charge on any atom is 0.229 e. The first-order valence-corrected chi connectivity index (χ1v) is 13.5. The normalized spacial score (nSPS) is 30.7. The van der Waals surface area contributed by atoms with E-state index in [-0.39, 0.29) is 51.5 Å². The van der Waals surface area contributed by atoms with E-state index < -0.39 is 67.3 Å². The van der Waals surface area contributed by atoms with Crippen molar-refractivity contribution in [2.75, 3.05) is 41.7 Å². The van der Waals surface area contributed by atoms with E-state index in [1.165, 1.54) is 40.6 Å². The third-order valence-corrected chi connectivity index (χ3v) is 7.54. The standard InChI is InChI=1S/C28H34O16/c1-36-10-5-6-13-11(7-10)16(30)15-22(42-13)24(37-2)26(39-4)25(38-3)23(15)44-28-21(35)19(33)18(32)14(43-28)9-41-27-20(34)17(31)12(29)8-40-27/h5-7,12,14,17-21,27-29,31-35H,8-9H2,1-4H3/t12-,14-,17+,18+,19-,20-,21-,27+,28-/m1/s1. The number of methoxy groups -OCH3 is 4. The van der Waals surface area contributed by atoms with Gasteiger partial charge < -0.3 is 73.0 Å². The SMILES string of the molecule is COc1ccc2oc3c(OC)c(OC)c(OC)c(O[C@H]4O[C@H](CO[C@@H]5OC[C@@H](O)[C@H](O)[C@H]5O)[C@H](O)[C@@H](O)[C@H]4O)c3c(=O)c2c1. The van der Waals surface area contributed by atoms with Crippen molar-refractivity contribution in [3.05, 3.63) is 28.4 Å². The minimum Gasteiger partial charge on any atom is -0.497 e. The minimum atomic E-state index is -1.85. The lowest BCUT2D eigenvalue weighted by Gasteiger charge is -2.41. The zero-order chi connectivity index (χ0) is 31.9. The van der Waals surface area contributed by atoms with E-state index >= 15 is 0 Å². The van der Waals surface area contributed by atoms with Gasteiger partial charge in [0.2, 0.25) is 29.0 Å². The summed E-state index contributed by atoms with van der Waals surface area (Å²) in [5.74, 6) is -0.0785. The lowest BCUT2D eigenvalue weighted by Crippen LogP contribution is -2.61. The highest BCUT2D eigenvalue weighted by molar-refractivity contribution is 6.00. The topological polar surface area (TPSA) is 225 Å². The van der Waals surface area contributed by atoms with Crippen LogP contribution in [-0.2, 0) is 14.2 Å². The summed E-state index contributed by atoms with van der Waals surface area (Å²) < 4.78 is 50.3. The largest absolute Gasteiger partial charge is 0.497 e. The second-order valence-corrected chi connectivity index (χ2v) is 10.1. The number of benzene rings is 2. The first-order chi connectivity index (χ1) is 21.1. The van der Waals surface area contributed by atoms with Gasteiger partial charge in [0.25, 0.3) is 0 Å². The fourth-order valence-electron chi connectivity index (χ4n) is 5.14. The second-order valence-electron chi connectivity index (χ2n) is 10.1. The fourth-order valence-corrected chi connectivity index (χ4v) is 5.14. The Morgan fingerprint density at radius 3 is 2.09 bits per heavy atom. The number of aliphatic hydroxyl groups is 6. The van der Waals surface area contributed by atoms with Crippen LogP contribution in [0.4, 0.5) is 0 Å². The number of hydrogen-bond acceptors (Lipinski definition) is 16. The molecule has 6 N–H and O–H groups in total. The van der Waals surface area contributed by atoms with Gasteiger partial charge >= 0.3 is 0 Å². The average molecular weight is 627 g/mol. The van der Waals surface area contributed by atoms with Crippen LogP contribution in [-0.4, -0.2) is 128 Å². The molecule has 2 saturated heterocycles. The van der Waals surface area contributed by atoms with Crippen molar-refractivity contribution in [3.63, 3.8) is 0 Å². The predicted molar refractivity (Wildman–Crippen MR) is 147 cm³/mol. The molecule has 0 spiro atoms. The summed E-state index contributed by atoms with van der Waals surface area (Å²) in [4.78, 5) is 13.9. The van der Waals surface area contributed by atoms with E-state index in [0.717, 1.165) is 0 Å². The molecule has 2 aromatic carbocycles. The minimum absolute atomic E-state index is 0.00621. The molecule has 242 valence electrons. The zero-order valence-corrected chi connectivity index (χ0v) is 24.1. The maximum absolute atomic E-state index is 13.9. The summed E-state index contributed by atoms with van der Waals surface area (Å²) in [6.07, 6.45) is -14.4. The van der Waals surface area contributed by atoms with Crippen LogP contribution >= 0.6 is 0 Å². The van der Waals surface area contributed by atoms with Gasteiger partial charge in [-0.25, -0.2) is 0 Å². The Morgan fingerprint density at radius 1 is 0.773 bits per heavy atom. The number of ether oxygens (including phenoxy) is 8. The zero-order valence-electron chi connectivity index (χ0n) is 24.1. The molecule has 0 unspecified atom stereocenters. The van der Waals surface area contributed by atoms with Gasteiger partial charge in [-0.2, -0.15) is 0 Å². The van der Waals surface area contributed by atoms with Gasteiger partial charge in [0.15, 0.2) is 17.6 Å². The average Bonchev–Trinajstić information content (AvgIpc) is 3.03. The highest BCUT2D eigenvalue weighted by Gasteiger charge is 2.47. The predicted octanol–water partition coefficient (Wildman–Crippen LogP) is -1.38. The van der Waals surface area contributed by atoms with Gasteiger partial charge in [0, 0.05) is 0 Å². The summed E-state index contributed by atoms with van der Waals surface area (Å²) in [6, 6.07) is 4.60. The molecule has 0 bridgehead atoms. The summed E-state index contributed by atoms with van der Waals surface area (Å²) in [7, 11) is 5.36. The van der Waals surface area contributed by atoms with Crippen LogP contribution in [0.15, 0.2) is 27.4 Å². The monoisotopic (exact) mass is 626 g/mol. The lowest BCUT2D eigenvalue weighted by atomic mass is 9.99. The molecule has 1 aromatic heterocycles. The highest BCUT2D eigenvalue weighted by Crippen LogP contribution is 2.51. The van der Waals surface area contributed by atoms with E-state index in [2.05, 4.69) is 0 Å². The summed E-state index contributed by atoms with van der Waals surface area (Å²) in [5, 5.41) is 61.8. The van der Waals surface area contributed by atoms with E-state index in [1.807, 2.05) is 0 Å². The van der Waals surface area contributed by atoms with Crippen LogP contribution in [0.3, 0.4) is 0 Å². The summed E-state index contributed by atoms with van der Waals surface area (Å²) in [5.41, 5.74) is -0.489. The quantitative estimate of drug-likeness (QED) is 0.151. The third-order valence-electron chi connectivity index (χ3n) is 7.54. The van der Waals surface area contributed by atoms with Crippen LogP contribution in [0, 0.1) is 0 Å². The third kappa shape index (κ3) is 5.48. The smallest absolute Gasteiger partial charge is 0.229 e. The van der Waals surface area contributed by atoms with Crippen LogP contribution in [0.1, 0.15) is 0 Å². The maximum atomic E-state index is 13.9. The van der Waals surface area contributed by atoms with Gasteiger partial charge in [0.1, 0.15) is 59.4 Å². The molecular formula is C28H34O16. The van der Waals surface area contributed by atoms with E-state index in [4.69, 9.17) is 42.3 Å². The van der Waals surface area contributed by atoms with Gasteiger partial charge in [-0.15, -0.1) is 0 Å². The Bertz CT molecular complexity index is 1540. The first kappa shape index (κ1) is 32.0. The van der Waals surface area contributed by atoms with Crippen molar-refractivity contribution in [2.24, 2.45) is 0 Å². The molecular weight excluding hydrogens is 592 g/mol. The number of fused-ring (bicyclic) bond motifs is 2. The molecule has 16 heteroatoms. The van der Waals surface area contributed by atoms with Gasteiger partial charge in [-0.05, 0) is 18.2 Å². The molecule has 16 nitrogen and oxygen atoms in total. The first-order valence-electron chi connectivity index (χ1n) is 13.5. The Balaban J connectivity index is 1.55. The summed E-state index contributed by atoms with van der Waals surface area (Å²) >= 11 is 0. The van der Waals surface area contributed by atoms with Crippen molar-refractivity contribution >= 4 is 21.9 Å². The molecule has 3 aromatic rings. The molecule has 2 fully saturated rings. The molecule has 2 aliphatic rings. The van der Waals surface area contributed by atoms with Gasteiger partial charge in [-0.3, -0.25) is 4.79 Å². The molecule has 3 heterocycles. The number of aliphatic hydroxyl groups excluding tert-OH is 6. The van der Waals surface area contributed by atoms with E-state index in [0.29, 0.717) is 5.75 Å². The van der Waals surface area contributed by atoms with Crippen molar-refractivity contribution in [2.45, 2.75) is 55.3 Å². The molecule has 5 rings (SSSR count). The highest BCUT2D eigenvalue weighted by atomic mass is 16.7. The number of rotatable bonds is 9. The van der Waals surface area contributed by atoms with Gasteiger partial charge in [0.05, 0.1) is 47.0 Å². The Labute approximate surface area is 249 Å². The van der Waals surface area contributed by atoms with Crippen LogP contribution in [0.25, 0.3) is 21.9 Å². The Morgan fingerprint density at radius 2 is 1.43 bits per heavy atom.